The van der Waals surface area contributed by atoms with Crippen molar-refractivity contribution in [2.45, 2.75) is 4.90 Å². The van der Waals surface area contributed by atoms with Crippen LogP contribution in [0.1, 0.15) is 0 Å². The Kier molecular flexibility index (Phi) is 6.05. The van der Waals surface area contributed by atoms with Crippen LogP contribution in [0.3, 0.4) is 0 Å². The van der Waals surface area contributed by atoms with E-state index in [1.165, 1.54) is 34.8 Å². The van der Waals surface area contributed by atoms with Gasteiger partial charge in [-0.25, -0.2) is 17.5 Å². The van der Waals surface area contributed by atoms with E-state index < -0.39 is 10.0 Å². The van der Waals surface area contributed by atoms with Crippen molar-refractivity contribution in [3.8, 4) is 17.3 Å². The summed E-state index contributed by atoms with van der Waals surface area (Å²) in [7, 11) is -3.86. The SMILES string of the molecule is O=S(=O)(NCCOc1ccc2nnc(-c3ccc(F)cc3)n2n1)c1cc(Cl)ccc1Cl. The Balaban J connectivity index is 1.44. The number of fused-ring (bicyclic) bond motifs is 1. The first-order valence-corrected chi connectivity index (χ1v) is 11.1. The quantitative estimate of drug-likeness (QED) is 0.405. The molecule has 0 saturated heterocycles. The van der Waals surface area contributed by atoms with Gasteiger partial charge in [-0.05, 0) is 48.5 Å². The molecule has 0 fully saturated rings. The lowest BCUT2D eigenvalue weighted by molar-refractivity contribution is 0.306. The zero-order valence-electron chi connectivity index (χ0n) is 15.7. The zero-order chi connectivity index (χ0) is 22.0. The predicted molar refractivity (Wildman–Crippen MR) is 113 cm³/mol. The Morgan fingerprint density at radius 3 is 2.58 bits per heavy atom. The third-order valence-corrected chi connectivity index (χ3v) is 6.35. The van der Waals surface area contributed by atoms with Crippen LogP contribution >= 0.6 is 23.2 Å². The molecule has 2 aromatic heterocycles. The highest BCUT2D eigenvalue weighted by atomic mass is 35.5. The van der Waals surface area contributed by atoms with Crippen LogP contribution in [0, 0.1) is 5.82 Å². The van der Waals surface area contributed by atoms with Gasteiger partial charge in [0.05, 0.1) is 5.02 Å². The van der Waals surface area contributed by atoms with E-state index in [9.17, 15) is 12.8 Å². The summed E-state index contributed by atoms with van der Waals surface area (Å²) in [5.41, 5.74) is 1.10. The van der Waals surface area contributed by atoms with E-state index >= 15 is 0 Å². The van der Waals surface area contributed by atoms with Crippen LogP contribution in [0.15, 0.2) is 59.5 Å². The summed E-state index contributed by atoms with van der Waals surface area (Å²) >= 11 is 11.8. The number of hydrogen-bond acceptors (Lipinski definition) is 6. The molecule has 12 heteroatoms. The topological polar surface area (TPSA) is 98.5 Å². The van der Waals surface area contributed by atoms with Crippen LogP contribution in [0.25, 0.3) is 17.0 Å². The molecular formula is C19H14Cl2FN5O3S. The zero-order valence-corrected chi connectivity index (χ0v) is 18.0. The molecule has 0 bridgehead atoms. The summed E-state index contributed by atoms with van der Waals surface area (Å²) in [5.74, 6) is 0.281. The van der Waals surface area contributed by atoms with Crippen LogP contribution in [0.4, 0.5) is 4.39 Å². The van der Waals surface area contributed by atoms with E-state index in [2.05, 4.69) is 20.0 Å². The summed E-state index contributed by atoms with van der Waals surface area (Å²) in [6.45, 7) is -0.0260. The van der Waals surface area contributed by atoms with Crippen molar-refractivity contribution < 1.29 is 17.5 Å². The molecule has 31 heavy (non-hydrogen) atoms. The first-order chi connectivity index (χ1) is 14.8. The van der Waals surface area contributed by atoms with Gasteiger partial charge in [0, 0.05) is 23.2 Å². The number of sulfonamides is 1. The number of hydrogen-bond donors (Lipinski definition) is 1. The fraction of sp³-hybridized carbons (Fsp3) is 0.105. The molecule has 0 aliphatic rings. The van der Waals surface area contributed by atoms with Crippen molar-refractivity contribution in [2.75, 3.05) is 13.2 Å². The van der Waals surface area contributed by atoms with Crippen molar-refractivity contribution in [3.63, 3.8) is 0 Å². The number of aromatic nitrogens is 4. The molecule has 0 atom stereocenters. The molecule has 160 valence electrons. The van der Waals surface area contributed by atoms with Crippen LogP contribution in [-0.2, 0) is 10.0 Å². The van der Waals surface area contributed by atoms with E-state index in [1.807, 2.05) is 0 Å². The number of nitrogens with one attached hydrogen (secondary N) is 1. The van der Waals surface area contributed by atoms with Gasteiger partial charge in [-0.15, -0.1) is 15.3 Å². The van der Waals surface area contributed by atoms with Crippen molar-refractivity contribution in [2.24, 2.45) is 0 Å². The van der Waals surface area contributed by atoms with Crippen LogP contribution in [0.2, 0.25) is 10.0 Å². The second-order valence-corrected chi connectivity index (χ2v) is 8.87. The van der Waals surface area contributed by atoms with Gasteiger partial charge in [0.25, 0.3) is 0 Å². The van der Waals surface area contributed by atoms with Gasteiger partial charge < -0.3 is 4.74 Å². The van der Waals surface area contributed by atoms with Gasteiger partial charge in [-0.1, -0.05) is 23.2 Å². The van der Waals surface area contributed by atoms with Crippen LogP contribution in [-0.4, -0.2) is 41.4 Å². The molecular weight excluding hydrogens is 468 g/mol. The Morgan fingerprint density at radius 1 is 1.03 bits per heavy atom. The average molecular weight is 482 g/mol. The maximum atomic E-state index is 13.2. The van der Waals surface area contributed by atoms with Gasteiger partial charge in [0.1, 0.15) is 17.3 Å². The van der Waals surface area contributed by atoms with Crippen molar-refractivity contribution in [3.05, 3.63) is 70.5 Å². The van der Waals surface area contributed by atoms with Crippen LogP contribution in [0.5, 0.6) is 5.88 Å². The maximum absolute atomic E-state index is 13.2. The summed E-state index contributed by atoms with van der Waals surface area (Å²) in [4.78, 5) is -0.116. The fourth-order valence-electron chi connectivity index (χ4n) is 2.72. The van der Waals surface area contributed by atoms with Gasteiger partial charge in [0.15, 0.2) is 11.5 Å². The van der Waals surface area contributed by atoms with E-state index in [-0.39, 0.29) is 39.8 Å². The van der Waals surface area contributed by atoms with E-state index in [0.717, 1.165) is 0 Å². The summed E-state index contributed by atoms with van der Waals surface area (Å²) < 4.78 is 47.4. The molecule has 2 heterocycles. The minimum absolute atomic E-state index is 0.00390. The first-order valence-electron chi connectivity index (χ1n) is 8.89. The minimum Gasteiger partial charge on any atom is -0.475 e. The highest BCUT2D eigenvalue weighted by Gasteiger charge is 2.18. The molecule has 0 saturated carbocycles. The Morgan fingerprint density at radius 2 is 1.81 bits per heavy atom. The lowest BCUT2D eigenvalue weighted by Crippen LogP contribution is -2.28. The molecule has 1 N–H and O–H groups in total. The van der Waals surface area contributed by atoms with Crippen molar-refractivity contribution >= 4 is 38.9 Å². The molecule has 2 aromatic carbocycles. The van der Waals surface area contributed by atoms with Gasteiger partial charge in [0.2, 0.25) is 15.9 Å². The van der Waals surface area contributed by atoms with Crippen molar-refractivity contribution in [1.82, 2.24) is 24.5 Å². The normalized spacial score (nSPS) is 11.7. The minimum atomic E-state index is -3.86. The number of halogens is 3. The van der Waals surface area contributed by atoms with Gasteiger partial charge in [-0.2, -0.15) is 4.52 Å². The standard InChI is InChI=1S/C19H14Cl2FN5O3S/c20-13-3-6-15(21)16(11-13)31(28,29)23-9-10-30-18-8-7-17-24-25-19(27(17)26-18)12-1-4-14(22)5-2-12/h1-8,11,23H,9-10H2. The smallest absolute Gasteiger partial charge is 0.242 e. The second-order valence-electron chi connectivity index (χ2n) is 6.29. The Labute approximate surface area is 186 Å². The lowest BCUT2D eigenvalue weighted by atomic mass is 10.2. The highest BCUT2D eigenvalue weighted by molar-refractivity contribution is 7.89. The Hall–Kier alpha value is -2.79. The molecule has 0 aliphatic carbocycles. The molecule has 0 aliphatic heterocycles. The molecule has 4 rings (SSSR count). The van der Waals surface area contributed by atoms with E-state index in [1.54, 1.807) is 24.3 Å². The molecule has 0 unspecified atom stereocenters. The summed E-state index contributed by atoms with van der Waals surface area (Å²) in [5, 5.41) is 12.7. The number of rotatable bonds is 7. The third-order valence-electron chi connectivity index (χ3n) is 4.17. The fourth-order valence-corrected chi connectivity index (χ4v) is 4.49. The number of benzene rings is 2. The largest absolute Gasteiger partial charge is 0.475 e. The third kappa shape index (κ3) is 4.77. The molecule has 4 aromatic rings. The second kappa shape index (κ2) is 8.75. The molecule has 0 radical (unpaired) electrons. The lowest BCUT2D eigenvalue weighted by Gasteiger charge is -2.10. The monoisotopic (exact) mass is 481 g/mol. The van der Waals surface area contributed by atoms with Crippen LogP contribution < -0.4 is 9.46 Å². The average Bonchev–Trinajstić information content (AvgIpc) is 3.17. The number of ether oxygens (including phenoxy) is 1. The van der Waals surface area contributed by atoms with Gasteiger partial charge >= 0.3 is 0 Å². The molecule has 8 nitrogen and oxygen atoms in total. The van der Waals surface area contributed by atoms with Crippen molar-refractivity contribution in [1.29, 1.82) is 0 Å². The summed E-state index contributed by atoms with van der Waals surface area (Å²) in [6.07, 6.45) is 0. The Bertz CT molecular complexity index is 1350. The van der Waals surface area contributed by atoms with E-state index in [0.29, 0.717) is 17.0 Å². The highest BCUT2D eigenvalue weighted by Crippen LogP contribution is 2.24. The first kappa shape index (κ1) is 21.4. The maximum Gasteiger partial charge on any atom is 0.242 e. The van der Waals surface area contributed by atoms with Gasteiger partial charge in [-0.3, -0.25) is 0 Å². The molecule has 0 spiro atoms. The predicted octanol–water partition coefficient (Wildman–Crippen LogP) is 3.59. The van der Waals surface area contributed by atoms with E-state index in [4.69, 9.17) is 27.9 Å². The molecule has 0 amide bonds. The summed E-state index contributed by atoms with van der Waals surface area (Å²) in [6, 6.07) is 13.2. The number of nitrogens with zero attached hydrogens (tertiary/aromatic N) is 4.